The lowest BCUT2D eigenvalue weighted by Crippen LogP contribution is -2.34. The molecule has 14 heavy (non-hydrogen) atoms. The number of rotatable bonds is 4. The number of nitrogens with zero attached hydrogens (tertiary/aromatic N) is 1. The predicted octanol–water partition coefficient (Wildman–Crippen LogP) is 1.72. The van der Waals surface area contributed by atoms with Crippen LogP contribution in [0.1, 0.15) is 26.2 Å². The Hall–Kier alpha value is -0.220. The molecule has 1 aliphatic rings. The van der Waals surface area contributed by atoms with Crippen LogP contribution in [-0.2, 0) is 0 Å². The summed E-state index contributed by atoms with van der Waals surface area (Å²) in [7, 11) is 0. The van der Waals surface area contributed by atoms with Crippen molar-refractivity contribution < 1.29 is 8.78 Å². The van der Waals surface area contributed by atoms with E-state index in [1.54, 1.807) is 0 Å². The van der Waals surface area contributed by atoms with Crippen LogP contribution in [0.5, 0.6) is 0 Å². The molecule has 0 saturated carbocycles. The monoisotopic (exact) mass is 206 g/mol. The highest BCUT2D eigenvalue weighted by Gasteiger charge is 2.16. The number of hydrogen-bond donors (Lipinski definition) is 1. The summed E-state index contributed by atoms with van der Waals surface area (Å²) in [6.45, 7) is 5.21. The zero-order valence-corrected chi connectivity index (χ0v) is 8.81. The molecule has 0 radical (unpaired) electrons. The minimum atomic E-state index is -2.22. The van der Waals surface area contributed by atoms with Gasteiger partial charge in [0.05, 0.1) is 6.54 Å². The molecule has 84 valence electrons. The Balaban J connectivity index is 2.20. The van der Waals surface area contributed by atoms with Gasteiger partial charge in [0.25, 0.3) is 6.43 Å². The third kappa shape index (κ3) is 4.33. The summed E-state index contributed by atoms with van der Waals surface area (Å²) in [6.07, 6.45) is 0.930. The van der Waals surface area contributed by atoms with E-state index in [-0.39, 0.29) is 6.54 Å². The molecule has 0 bridgehead atoms. The van der Waals surface area contributed by atoms with Crippen molar-refractivity contribution >= 4 is 0 Å². The third-order valence-electron chi connectivity index (χ3n) is 2.83. The summed E-state index contributed by atoms with van der Waals surface area (Å²) in [5.41, 5.74) is 0. The van der Waals surface area contributed by atoms with Gasteiger partial charge < -0.3 is 10.2 Å². The average molecular weight is 206 g/mol. The standard InChI is InChI=1S/C10H20F2N2/c1-2-14-6-3-4-9(5-7-14)13-8-10(11)12/h9-10,13H,2-8H2,1H3. The minimum absolute atomic E-state index is 0.156. The summed E-state index contributed by atoms with van der Waals surface area (Å²) in [5, 5.41) is 2.93. The fourth-order valence-corrected chi connectivity index (χ4v) is 1.93. The lowest BCUT2D eigenvalue weighted by Gasteiger charge is -2.18. The quantitative estimate of drug-likeness (QED) is 0.753. The van der Waals surface area contributed by atoms with E-state index >= 15 is 0 Å². The fraction of sp³-hybridized carbons (Fsp3) is 1.00. The SMILES string of the molecule is CCN1CCCC(NCC(F)F)CC1. The topological polar surface area (TPSA) is 15.3 Å². The van der Waals surface area contributed by atoms with Crippen LogP contribution in [0, 0.1) is 0 Å². The van der Waals surface area contributed by atoms with Crippen molar-refractivity contribution in [3.05, 3.63) is 0 Å². The lowest BCUT2D eigenvalue weighted by atomic mass is 10.1. The highest BCUT2D eigenvalue weighted by atomic mass is 19.3. The van der Waals surface area contributed by atoms with E-state index in [1.165, 1.54) is 0 Å². The highest BCUT2D eigenvalue weighted by Crippen LogP contribution is 2.10. The van der Waals surface area contributed by atoms with Gasteiger partial charge >= 0.3 is 0 Å². The van der Waals surface area contributed by atoms with Gasteiger partial charge in [0, 0.05) is 6.04 Å². The Kier molecular flexibility index (Phi) is 5.33. The number of alkyl halides is 2. The maximum Gasteiger partial charge on any atom is 0.250 e. The van der Waals surface area contributed by atoms with Crippen LogP contribution in [0.25, 0.3) is 0 Å². The molecular formula is C10H20F2N2. The number of hydrogen-bond acceptors (Lipinski definition) is 2. The normalized spacial score (nSPS) is 25.3. The van der Waals surface area contributed by atoms with E-state index < -0.39 is 6.43 Å². The molecule has 0 aromatic rings. The number of likely N-dealkylation sites (tertiary alicyclic amines) is 1. The van der Waals surface area contributed by atoms with E-state index in [9.17, 15) is 8.78 Å². The summed E-state index contributed by atoms with van der Waals surface area (Å²) in [4.78, 5) is 2.38. The van der Waals surface area contributed by atoms with Gasteiger partial charge in [-0.1, -0.05) is 6.92 Å². The van der Waals surface area contributed by atoms with Crippen LogP contribution in [0.2, 0.25) is 0 Å². The van der Waals surface area contributed by atoms with Crippen LogP contribution < -0.4 is 5.32 Å². The van der Waals surface area contributed by atoms with Gasteiger partial charge in [0.15, 0.2) is 0 Å². The predicted molar refractivity (Wildman–Crippen MR) is 53.8 cm³/mol. The zero-order chi connectivity index (χ0) is 10.4. The van der Waals surface area contributed by atoms with Gasteiger partial charge in [-0.25, -0.2) is 8.78 Å². The average Bonchev–Trinajstić information content (AvgIpc) is 2.39. The molecule has 0 amide bonds. The van der Waals surface area contributed by atoms with Crippen LogP contribution in [0.4, 0.5) is 8.78 Å². The first-order valence-electron chi connectivity index (χ1n) is 5.46. The van der Waals surface area contributed by atoms with E-state index in [4.69, 9.17) is 0 Å². The fourth-order valence-electron chi connectivity index (χ4n) is 1.93. The van der Waals surface area contributed by atoms with Crippen molar-refractivity contribution in [1.82, 2.24) is 10.2 Å². The van der Waals surface area contributed by atoms with Crippen LogP contribution in [0.3, 0.4) is 0 Å². The Labute approximate surface area is 84.7 Å². The van der Waals surface area contributed by atoms with Crippen LogP contribution in [0.15, 0.2) is 0 Å². The summed E-state index contributed by atoms with van der Waals surface area (Å²) in [5.74, 6) is 0. The molecule has 4 heteroatoms. The molecule has 0 spiro atoms. The molecule has 2 nitrogen and oxygen atoms in total. The van der Waals surface area contributed by atoms with Crippen molar-refractivity contribution in [1.29, 1.82) is 0 Å². The van der Waals surface area contributed by atoms with Gasteiger partial charge in [0.1, 0.15) is 0 Å². The molecule has 1 unspecified atom stereocenters. The lowest BCUT2D eigenvalue weighted by molar-refractivity contribution is 0.140. The molecule has 1 N–H and O–H groups in total. The molecule has 0 aromatic carbocycles. The van der Waals surface area contributed by atoms with Crippen molar-refractivity contribution in [2.45, 2.75) is 38.7 Å². The highest BCUT2D eigenvalue weighted by molar-refractivity contribution is 4.74. The number of nitrogens with one attached hydrogen (secondary N) is 1. The van der Waals surface area contributed by atoms with E-state index in [1.807, 2.05) is 0 Å². The Morgan fingerprint density at radius 1 is 1.36 bits per heavy atom. The third-order valence-corrected chi connectivity index (χ3v) is 2.83. The molecule has 0 aromatic heterocycles. The van der Waals surface area contributed by atoms with Crippen molar-refractivity contribution in [3.8, 4) is 0 Å². The van der Waals surface area contributed by atoms with Crippen molar-refractivity contribution in [2.24, 2.45) is 0 Å². The van der Waals surface area contributed by atoms with Gasteiger partial charge in [-0.3, -0.25) is 0 Å². The second-order valence-corrected chi connectivity index (χ2v) is 3.86. The number of halogens is 2. The maximum absolute atomic E-state index is 12.0. The van der Waals surface area contributed by atoms with Crippen molar-refractivity contribution in [2.75, 3.05) is 26.2 Å². The molecule has 1 atom stereocenters. The first kappa shape index (κ1) is 11.9. The zero-order valence-electron chi connectivity index (χ0n) is 8.81. The van der Waals surface area contributed by atoms with Gasteiger partial charge in [0.2, 0.25) is 0 Å². The van der Waals surface area contributed by atoms with E-state index in [0.29, 0.717) is 6.04 Å². The molecule has 1 fully saturated rings. The molecule has 1 rings (SSSR count). The summed E-state index contributed by atoms with van der Waals surface area (Å²) in [6, 6.07) is 0.292. The Bertz CT molecular complexity index is 153. The second kappa shape index (κ2) is 6.30. The van der Waals surface area contributed by atoms with Gasteiger partial charge in [-0.2, -0.15) is 0 Å². The molecule has 1 heterocycles. The van der Waals surface area contributed by atoms with Crippen molar-refractivity contribution in [3.63, 3.8) is 0 Å². The van der Waals surface area contributed by atoms with Crippen LogP contribution >= 0.6 is 0 Å². The first-order valence-corrected chi connectivity index (χ1v) is 5.46. The van der Waals surface area contributed by atoms with Gasteiger partial charge in [-0.05, 0) is 38.9 Å². The Morgan fingerprint density at radius 2 is 2.14 bits per heavy atom. The molecular weight excluding hydrogens is 186 g/mol. The van der Waals surface area contributed by atoms with E-state index in [2.05, 4.69) is 17.1 Å². The maximum atomic E-state index is 12.0. The molecule has 1 saturated heterocycles. The second-order valence-electron chi connectivity index (χ2n) is 3.86. The van der Waals surface area contributed by atoms with E-state index in [0.717, 1.165) is 38.9 Å². The smallest absolute Gasteiger partial charge is 0.250 e. The summed E-state index contributed by atoms with van der Waals surface area (Å²) >= 11 is 0. The van der Waals surface area contributed by atoms with Crippen LogP contribution in [-0.4, -0.2) is 43.5 Å². The minimum Gasteiger partial charge on any atom is -0.309 e. The largest absolute Gasteiger partial charge is 0.309 e. The Morgan fingerprint density at radius 3 is 2.79 bits per heavy atom. The summed E-state index contributed by atoms with van der Waals surface area (Å²) < 4.78 is 23.9. The van der Waals surface area contributed by atoms with Gasteiger partial charge in [-0.15, -0.1) is 0 Å². The first-order chi connectivity index (χ1) is 6.72. The molecule has 0 aliphatic carbocycles. The molecule has 1 aliphatic heterocycles.